The highest BCUT2D eigenvalue weighted by Crippen LogP contribution is 2.14. The lowest BCUT2D eigenvalue weighted by Gasteiger charge is -2.08. The fourth-order valence-corrected chi connectivity index (χ4v) is 1.68. The Bertz CT molecular complexity index is 593. The first-order valence-electron chi connectivity index (χ1n) is 5.99. The van der Waals surface area contributed by atoms with Gasteiger partial charge in [-0.3, -0.25) is 9.78 Å². The number of anilines is 2. The van der Waals surface area contributed by atoms with Gasteiger partial charge in [0, 0.05) is 12.7 Å². The van der Waals surface area contributed by atoms with Crippen molar-refractivity contribution >= 4 is 17.3 Å². The Balaban J connectivity index is 2.15. The molecular weight excluding hydrogens is 240 g/mol. The van der Waals surface area contributed by atoms with Crippen molar-refractivity contribution in [2.45, 2.75) is 13.8 Å². The van der Waals surface area contributed by atoms with Gasteiger partial charge in [-0.15, -0.1) is 0 Å². The smallest absolute Gasteiger partial charge is 0.274 e. The van der Waals surface area contributed by atoms with Gasteiger partial charge in [0.1, 0.15) is 5.69 Å². The van der Waals surface area contributed by atoms with Gasteiger partial charge in [0.25, 0.3) is 5.91 Å². The quantitative estimate of drug-likeness (QED) is 0.884. The molecule has 1 amide bonds. The van der Waals surface area contributed by atoms with E-state index in [2.05, 4.69) is 20.6 Å². The normalized spacial score (nSPS) is 10.1. The Hall–Kier alpha value is -2.43. The second-order valence-corrected chi connectivity index (χ2v) is 4.22. The van der Waals surface area contributed by atoms with E-state index in [-0.39, 0.29) is 5.91 Å². The summed E-state index contributed by atoms with van der Waals surface area (Å²) in [6.45, 7) is 3.77. The fourth-order valence-electron chi connectivity index (χ4n) is 1.68. The van der Waals surface area contributed by atoms with E-state index in [1.165, 1.54) is 0 Å². The molecule has 0 unspecified atom stereocenters. The molecule has 5 heteroatoms. The second-order valence-electron chi connectivity index (χ2n) is 4.22. The summed E-state index contributed by atoms with van der Waals surface area (Å²) >= 11 is 0. The van der Waals surface area contributed by atoms with Crippen molar-refractivity contribution in [1.82, 2.24) is 9.97 Å². The van der Waals surface area contributed by atoms with E-state index in [9.17, 15) is 4.79 Å². The number of aromatic nitrogens is 2. The number of carbonyl (C=O) groups excluding carboxylic acids is 1. The highest BCUT2D eigenvalue weighted by Gasteiger charge is 2.09. The van der Waals surface area contributed by atoms with E-state index < -0.39 is 0 Å². The molecule has 0 saturated heterocycles. The fraction of sp³-hybridized carbons (Fsp3) is 0.214. The van der Waals surface area contributed by atoms with Crippen LogP contribution in [0.25, 0.3) is 0 Å². The summed E-state index contributed by atoms with van der Waals surface area (Å²) in [5.41, 5.74) is 3.66. The van der Waals surface area contributed by atoms with Crippen LogP contribution in [-0.2, 0) is 0 Å². The first kappa shape index (κ1) is 13.0. The van der Waals surface area contributed by atoms with Gasteiger partial charge in [0.2, 0.25) is 0 Å². The van der Waals surface area contributed by atoms with Crippen LogP contribution in [0.5, 0.6) is 0 Å². The summed E-state index contributed by atoms with van der Waals surface area (Å²) in [7, 11) is 1.80. The third kappa shape index (κ3) is 3.07. The summed E-state index contributed by atoms with van der Waals surface area (Å²) in [5, 5.41) is 5.76. The largest absolute Gasteiger partial charge is 0.387 e. The van der Waals surface area contributed by atoms with Gasteiger partial charge in [-0.1, -0.05) is 0 Å². The van der Waals surface area contributed by atoms with Crippen LogP contribution in [0, 0.1) is 13.8 Å². The van der Waals surface area contributed by atoms with Crippen LogP contribution < -0.4 is 10.6 Å². The molecule has 2 aromatic heterocycles. The monoisotopic (exact) mass is 256 g/mol. The zero-order valence-corrected chi connectivity index (χ0v) is 11.2. The number of aryl methyl sites for hydroxylation is 2. The lowest BCUT2D eigenvalue weighted by molar-refractivity contribution is 0.102. The Morgan fingerprint density at radius 2 is 1.95 bits per heavy atom. The molecule has 2 heterocycles. The van der Waals surface area contributed by atoms with Crippen molar-refractivity contribution in [2.75, 3.05) is 17.7 Å². The molecule has 0 atom stereocenters. The van der Waals surface area contributed by atoms with Crippen molar-refractivity contribution in [2.24, 2.45) is 0 Å². The summed E-state index contributed by atoms with van der Waals surface area (Å²) in [4.78, 5) is 20.4. The predicted octanol–water partition coefficient (Wildman–Crippen LogP) is 2.39. The summed E-state index contributed by atoms with van der Waals surface area (Å²) in [6.07, 6.45) is 1.62. The molecule has 2 N–H and O–H groups in total. The Kier molecular flexibility index (Phi) is 3.75. The number of pyridine rings is 2. The molecule has 0 bridgehead atoms. The molecule has 0 aliphatic heterocycles. The van der Waals surface area contributed by atoms with Crippen LogP contribution in [0.4, 0.5) is 11.4 Å². The number of carbonyl (C=O) groups is 1. The maximum atomic E-state index is 12.0. The maximum absolute atomic E-state index is 12.0. The van der Waals surface area contributed by atoms with Gasteiger partial charge in [0.15, 0.2) is 0 Å². The van der Waals surface area contributed by atoms with Gasteiger partial charge in [-0.25, -0.2) is 4.98 Å². The molecule has 5 nitrogen and oxygen atoms in total. The average molecular weight is 256 g/mol. The number of amides is 1. The molecule has 2 rings (SSSR count). The molecule has 0 aliphatic rings. The number of hydrogen-bond acceptors (Lipinski definition) is 4. The molecule has 19 heavy (non-hydrogen) atoms. The summed E-state index contributed by atoms with van der Waals surface area (Å²) in [5.74, 6) is -0.239. The summed E-state index contributed by atoms with van der Waals surface area (Å²) in [6, 6.07) is 7.19. The van der Waals surface area contributed by atoms with Crippen LogP contribution in [0.3, 0.4) is 0 Å². The zero-order valence-electron chi connectivity index (χ0n) is 11.2. The van der Waals surface area contributed by atoms with Crippen molar-refractivity contribution in [3.63, 3.8) is 0 Å². The Labute approximate surface area is 112 Å². The molecule has 98 valence electrons. The van der Waals surface area contributed by atoms with Gasteiger partial charge in [-0.05, 0) is 38.1 Å². The van der Waals surface area contributed by atoms with Gasteiger partial charge >= 0.3 is 0 Å². The van der Waals surface area contributed by atoms with E-state index in [4.69, 9.17) is 0 Å². The first-order valence-corrected chi connectivity index (χ1v) is 5.99. The highest BCUT2D eigenvalue weighted by molar-refractivity contribution is 6.03. The van der Waals surface area contributed by atoms with Crippen LogP contribution in [0.1, 0.15) is 21.9 Å². The predicted molar refractivity (Wildman–Crippen MR) is 75.4 cm³/mol. The average Bonchev–Trinajstić information content (AvgIpc) is 2.42. The minimum atomic E-state index is -0.239. The third-order valence-corrected chi connectivity index (χ3v) is 2.76. The van der Waals surface area contributed by atoms with Crippen molar-refractivity contribution in [1.29, 1.82) is 0 Å². The van der Waals surface area contributed by atoms with E-state index in [0.717, 1.165) is 17.1 Å². The van der Waals surface area contributed by atoms with Gasteiger partial charge < -0.3 is 10.6 Å². The standard InChI is InChI=1S/C14H16N4O/c1-9-4-6-12(10(2)17-9)18-14(19)13-7-5-11(15-3)8-16-13/h4-8,15H,1-3H3,(H,18,19). The lowest BCUT2D eigenvalue weighted by atomic mass is 10.2. The second kappa shape index (κ2) is 5.48. The van der Waals surface area contributed by atoms with Gasteiger partial charge in [-0.2, -0.15) is 0 Å². The molecule has 0 fully saturated rings. The minimum absolute atomic E-state index is 0.239. The Morgan fingerprint density at radius 1 is 1.16 bits per heavy atom. The number of rotatable bonds is 3. The molecule has 2 aromatic rings. The molecule has 0 aliphatic carbocycles. The van der Waals surface area contributed by atoms with Crippen LogP contribution in [-0.4, -0.2) is 22.9 Å². The van der Waals surface area contributed by atoms with E-state index in [0.29, 0.717) is 11.4 Å². The maximum Gasteiger partial charge on any atom is 0.274 e. The third-order valence-electron chi connectivity index (χ3n) is 2.76. The van der Waals surface area contributed by atoms with Gasteiger partial charge in [0.05, 0.1) is 23.3 Å². The van der Waals surface area contributed by atoms with Crippen molar-refractivity contribution < 1.29 is 4.79 Å². The SMILES string of the molecule is CNc1ccc(C(=O)Nc2ccc(C)nc2C)nc1. The highest BCUT2D eigenvalue weighted by atomic mass is 16.1. The lowest BCUT2D eigenvalue weighted by Crippen LogP contribution is -2.14. The van der Waals surface area contributed by atoms with E-state index in [1.807, 2.05) is 32.0 Å². The van der Waals surface area contributed by atoms with Crippen molar-refractivity contribution in [3.05, 3.63) is 47.5 Å². The number of nitrogens with zero attached hydrogens (tertiary/aromatic N) is 2. The topological polar surface area (TPSA) is 66.9 Å². The van der Waals surface area contributed by atoms with Crippen LogP contribution >= 0.6 is 0 Å². The zero-order chi connectivity index (χ0) is 13.8. The molecular formula is C14H16N4O. The molecule has 0 saturated carbocycles. The van der Waals surface area contributed by atoms with E-state index >= 15 is 0 Å². The molecule has 0 spiro atoms. The molecule has 0 aromatic carbocycles. The van der Waals surface area contributed by atoms with Crippen molar-refractivity contribution in [3.8, 4) is 0 Å². The Morgan fingerprint density at radius 3 is 2.53 bits per heavy atom. The number of nitrogens with one attached hydrogen (secondary N) is 2. The first-order chi connectivity index (χ1) is 9.10. The number of hydrogen-bond donors (Lipinski definition) is 2. The summed E-state index contributed by atoms with van der Waals surface area (Å²) < 4.78 is 0. The van der Waals surface area contributed by atoms with Crippen LogP contribution in [0.15, 0.2) is 30.5 Å². The van der Waals surface area contributed by atoms with E-state index in [1.54, 1.807) is 19.3 Å². The minimum Gasteiger partial charge on any atom is -0.387 e. The van der Waals surface area contributed by atoms with Crippen LogP contribution in [0.2, 0.25) is 0 Å². The molecule has 0 radical (unpaired) electrons.